The topological polar surface area (TPSA) is 37.4 Å². The Morgan fingerprint density at radius 1 is 0.679 bits per heavy atom. The van der Waals surface area contributed by atoms with Crippen LogP contribution >= 0.6 is 35.0 Å². The summed E-state index contributed by atoms with van der Waals surface area (Å²) in [5, 5.41) is 1.10. The summed E-state index contributed by atoms with van der Waals surface area (Å²) in [5.74, 6) is -0.723. The highest BCUT2D eigenvalue weighted by Gasteiger charge is 2.40. The minimum Gasteiger partial charge on any atom is -0.268 e. The molecule has 0 unspecified atom stereocenters. The van der Waals surface area contributed by atoms with E-state index in [-0.39, 0.29) is 11.8 Å². The average Bonchev–Trinajstić information content (AvgIpc) is 2.94. The van der Waals surface area contributed by atoms with Crippen LogP contribution in [0.4, 0.5) is 5.69 Å². The van der Waals surface area contributed by atoms with Gasteiger partial charge in [0.2, 0.25) is 0 Å². The zero-order chi connectivity index (χ0) is 19.7. The predicted molar refractivity (Wildman–Crippen MR) is 115 cm³/mol. The third-order valence-electron chi connectivity index (χ3n) is 4.22. The van der Waals surface area contributed by atoms with E-state index >= 15 is 0 Å². The molecule has 1 aliphatic rings. The van der Waals surface area contributed by atoms with Crippen LogP contribution in [0.2, 0.25) is 10.0 Å². The molecular formula is C22H13Cl2NO2S. The van der Waals surface area contributed by atoms with Gasteiger partial charge in [-0.1, -0.05) is 65.3 Å². The number of halogens is 2. The van der Waals surface area contributed by atoms with Crippen molar-refractivity contribution in [1.29, 1.82) is 0 Å². The molecular weight excluding hydrogens is 413 g/mol. The first-order valence-electron chi connectivity index (χ1n) is 8.42. The SMILES string of the molecule is O=C1C(Sc2ccccc2)=C(c2ccc(Cl)cc2)C(=O)N1c1ccc(Cl)cc1. The Balaban J connectivity index is 1.81. The largest absolute Gasteiger partial charge is 0.272 e. The molecule has 0 aromatic heterocycles. The maximum absolute atomic E-state index is 13.3. The minimum absolute atomic E-state index is 0.355. The van der Waals surface area contributed by atoms with Gasteiger partial charge in [-0.15, -0.1) is 0 Å². The quantitative estimate of drug-likeness (QED) is 0.475. The van der Waals surface area contributed by atoms with Crippen molar-refractivity contribution >= 4 is 58.0 Å². The van der Waals surface area contributed by atoms with E-state index in [1.165, 1.54) is 16.7 Å². The summed E-state index contributed by atoms with van der Waals surface area (Å²) < 4.78 is 0. The molecule has 3 aromatic rings. The van der Waals surface area contributed by atoms with Gasteiger partial charge in [0.1, 0.15) is 0 Å². The van der Waals surface area contributed by atoms with Crippen LogP contribution in [-0.4, -0.2) is 11.8 Å². The third kappa shape index (κ3) is 3.59. The molecule has 0 saturated carbocycles. The van der Waals surface area contributed by atoms with Gasteiger partial charge in [0.05, 0.1) is 16.2 Å². The van der Waals surface area contributed by atoms with Crippen molar-refractivity contribution in [3.63, 3.8) is 0 Å². The molecule has 0 fully saturated rings. The average molecular weight is 426 g/mol. The summed E-state index contributed by atoms with van der Waals surface area (Å²) >= 11 is 13.2. The fourth-order valence-electron chi connectivity index (χ4n) is 2.91. The molecule has 0 aliphatic carbocycles. The molecule has 138 valence electrons. The monoisotopic (exact) mass is 425 g/mol. The van der Waals surface area contributed by atoms with Gasteiger partial charge in [-0.2, -0.15) is 0 Å². The fourth-order valence-corrected chi connectivity index (χ4v) is 4.17. The van der Waals surface area contributed by atoms with Crippen LogP contribution in [0.15, 0.2) is 88.7 Å². The number of hydrogen-bond donors (Lipinski definition) is 0. The smallest absolute Gasteiger partial charge is 0.268 e. The van der Waals surface area contributed by atoms with Gasteiger partial charge in [-0.05, 0) is 54.1 Å². The Morgan fingerprint density at radius 3 is 1.86 bits per heavy atom. The number of thioether (sulfide) groups is 1. The summed E-state index contributed by atoms with van der Waals surface area (Å²) in [6.45, 7) is 0. The lowest BCUT2D eigenvalue weighted by Crippen LogP contribution is -2.31. The van der Waals surface area contributed by atoms with Crippen molar-refractivity contribution in [2.75, 3.05) is 4.90 Å². The number of carbonyl (C=O) groups excluding carboxylic acids is 2. The minimum atomic E-state index is -0.368. The summed E-state index contributed by atoms with van der Waals surface area (Å²) in [7, 11) is 0. The molecule has 0 saturated heterocycles. The summed E-state index contributed by atoms with van der Waals surface area (Å²) in [6.07, 6.45) is 0. The highest BCUT2D eigenvalue weighted by atomic mass is 35.5. The second-order valence-corrected chi connectivity index (χ2v) is 8.00. The van der Waals surface area contributed by atoms with Crippen molar-refractivity contribution in [2.45, 2.75) is 4.90 Å². The molecule has 3 nitrogen and oxygen atoms in total. The number of nitrogens with zero attached hydrogens (tertiary/aromatic N) is 1. The van der Waals surface area contributed by atoms with E-state index in [0.717, 1.165) is 4.90 Å². The molecule has 0 spiro atoms. The van der Waals surface area contributed by atoms with E-state index in [9.17, 15) is 9.59 Å². The number of amides is 2. The van der Waals surface area contributed by atoms with Crippen LogP contribution in [0.25, 0.3) is 5.57 Å². The van der Waals surface area contributed by atoms with Gasteiger partial charge in [0.25, 0.3) is 11.8 Å². The van der Waals surface area contributed by atoms with E-state index in [1.807, 2.05) is 30.3 Å². The van der Waals surface area contributed by atoms with Gasteiger partial charge >= 0.3 is 0 Å². The van der Waals surface area contributed by atoms with Crippen molar-refractivity contribution in [1.82, 2.24) is 0 Å². The third-order valence-corrected chi connectivity index (χ3v) is 5.82. The van der Waals surface area contributed by atoms with E-state index in [0.29, 0.717) is 31.8 Å². The van der Waals surface area contributed by atoms with Crippen molar-refractivity contribution in [2.24, 2.45) is 0 Å². The molecule has 0 bridgehead atoms. The molecule has 0 atom stereocenters. The van der Waals surface area contributed by atoms with E-state index in [2.05, 4.69) is 0 Å². The van der Waals surface area contributed by atoms with Crippen molar-refractivity contribution in [3.05, 3.63) is 99.4 Å². The van der Waals surface area contributed by atoms with E-state index < -0.39 is 0 Å². The standard InChI is InChI=1S/C22H13Cl2NO2S/c23-15-8-6-14(7-9-15)19-20(28-18-4-2-1-3-5-18)22(27)25(21(19)26)17-12-10-16(24)11-13-17/h1-13H. The molecule has 6 heteroatoms. The molecule has 3 aromatic carbocycles. The molecule has 2 amide bonds. The molecule has 0 N–H and O–H groups in total. The maximum atomic E-state index is 13.3. The second-order valence-electron chi connectivity index (χ2n) is 6.05. The number of rotatable bonds is 4. The van der Waals surface area contributed by atoms with Gasteiger partial charge in [0, 0.05) is 14.9 Å². The van der Waals surface area contributed by atoms with E-state index in [4.69, 9.17) is 23.2 Å². The highest BCUT2D eigenvalue weighted by Crippen LogP contribution is 2.41. The fraction of sp³-hybridized carbons (Fsp3) is 0. The number of imide groups is 1. The first-order chi connectivity index (χ1) is 13.5. The maximum Gasteiger partial charge on any atom is 0.272 e. The number of carbonyl (C=O) groups is 2. The lowest BCUT2D eigenvalue weighted by Gasteiger charge is -2.15. The normalized spacial score (nSPS) is 14.1. The molecule has 0 radical (unpaired) electrons. The molecule has 1 aliphatic heterocycles. The number of benzene rings is 3. The van der Waals surface area contributed by atoms with Gasteiger partial charge < -0.3 is 0 Å². The Labute approximate surface area is 176 Å². The van der Waals surface area contributed by atoms with Gasteiger partial charge in [-0.3, -0.25) is 9.59 Å². The Hall–Kier alpha value is -2.53. The number of hydrogen-bond acceptors (Lipinski definition) is 3. The Morgan fingerprint density at radius 2 is 1.25 bits per heavy atom. The number of anilines is 1. The van der Waals surface area contributed by atoms with Crippen LogP contribution in [0, 0.1) is 0 Å². The summed E-state index contributed by atoms with van der Waals surface area (Å²) in [4.78, 5) is 28.9. The van der Waals surface area contributed by atoms with Crippen LogP contribution in [0.1, 0.15) is 5.56 Å². The first-order valence-corrected chi connectivity index (χ1v) is 9.99. The zero-order valence-electron chi connectivity index (χ0n) is 14.4. The Bertz CT molecular complexity index is 1080. The van der Waals surface area contributed by atoms with Crippen LogP contribution in [-0.2, 0) is 9.59 Å². The lowest BCUT2D eigenvalue weighted by atomic mass is 10.1. The second kappa shape index (κ2) is 7.84. The van der Waals surface area contributed by atoms with E-state index in [1.54, 1.807) is 48.5 Å². The van der Waals surface area contributed by atoms with Crippen molar-refractivity contribution < 1.29 is 9.59 Å². The Kier molecular flexibility index (Phi) is 5.27. The zero-order valence-corrected chi connectivity index (χ0v) is 16.8. The lowest BCUT2D eigenvalue weighted by molar-refractivity contribution is -0.119. The molecule has 28 heavy (non-hydrogen) atoms. The van der Waals surface area contributed by atoms with Crippen LogP contribution < -0.4 is 4.90 Å². The predicted octanol–water partition coefficient (Wildman–Crippen LogP) is 6.07. The molecule has 4 rings (SSSR count). The highest BCUT2D eigenvalue weighted by molar-refractivity contribution is 8.04. The van der Waals surface area contributed by atoms with Gasteiger partial charge in [-0.25, -0.2) is 4.90 Å². The summed E-state index contributed by atoms with van der Waals surface area (Å²) in [5.41, 5.74) is 1.50. The van der Waals surface area contributed by atoms with Crippen LogP contribution in [0.3, 0.4) is 0 Å². The van der Waals surface area contributed by atoms with Crippen molar-refractivity contribution in [3.8, 4) is 0 Å². The van der Waals surface area contributed by atoms with Gasteiger partial charge in [0.15, 0.2) is 0 Å². The first kappa shape index (κ1) is 18.8. The van der Waals surface area contributed by atoms with Crippen LogP contribution in [0.5, 0.6) is 0 Å². The summed E-state index contributed by atoms with van der Waals surface area (Å²) in [6, 6.07) is 23.0. The molecule has 1 heterocycles.